The number of aliphatic carboxylic acids is 3. The monoisotopic (exact) mass is 372 g/mol. The number of hydrogen-bond donors (Lipinski definition) is 6. The van der Waals surface area contributed by atoms with E-state index in [1.54, 1.807) is 0 Å². The molecule has 12 heteroatoms. The summed E-state index contributed by atoms with van der Waals surface area (Å²) in [7, 11) is 0. The molecule has 25 heavy (non-hydrogen) atoms. The second kappa shape index (κ2) is 15.3. The summed E-state index contributed by atoms with van der Waals surface area (Å²) in [5.74, 6) is -3.12. The smallest absolute Gasteiger partial charge is 0.305 e. The molecule has 6 N–H and O–H groups in total. The molecule has 0 aromatic carbocycles. The highest BCUT2D eigenvalue weighted by atomic mass is 16.7. The van der Waals surface area contributed by atoms with Gasteiger partial charge in [0.25, 0.3) is 17.9 Å². The van der Waals surface area contributed by atoms with Gasteiger partial charge in [-0.25, -0.2) is 0 Å². The Morgan fingerprint density at radius 2 is 1.16 bits per heavy atom. The Kier molecular flexibility index (Phi) is 16.8. The van der Waals surface area contributed by atoms with E-state index in [-0.39, 0.29) is 0 Å². The van der Waals surface area contributed by atoms with Gasteiger partial charge in [-0.15, -0.1) is 0 Å². The van der Waals surface area contributed by atoms with Crippen LogP contribution in [0.3, 0.4) is 0 Å². The minimum absolute atomic E-state index is 0.435. The van der Waals surface area contributed by atoms with Crippen molar-refractivity contribution >= 4 is 23.9 Å². The van der Waals surface area contributed by atoms with E-state index in [9.17, 15) is 15.0 Å². The molecule has 0 unspecified atom stereocenters. The molecular formula is C13H24O12. The first-order valence-corrected chi connectivity index (χ1v) is 6.64. The first-order chi connectivity index (χ1) is 11.3. The minimum atomic E-state index is -1.30. The summed E-state index contributed by atoms with van der Waals surface area (Å²) in [6.45, 7) is 3.98. The quantitative estimate of drug-likeness (QED) is 0.298. The molecule has 0 saturated carbocycles. The molecule has 0 aromatic heterocycles. The summed E-state index contributed by atoms with van der Waals surface area (Å²) in [4.78, 5) is 37.5. The molecule has 1 saturated heterocycles. The molecule has 148 valence electrons. The van der Waals surface area contributed by atoms with Gasteiger partial charge in [0.1, 0.15) is 18.3 Å². The second-order valence-electron chi connectivity index (χ2n) is 4.37. The molecule has 1 aliphatic rings. The summed E-state index contributed by atoms with van der Waals surface area (Å²) in [6.07, 6.45) is -4.63. The van der Waals surface area contributed by atoms with Crippen molar-refractivity contribution in [2.45, 2.75) is 52.3 Å². The number of aliphatic hydroxyl groups excluding tert-OH is 3. The number of esters is 1. The topological polar surface area (TPSA) is 208 Å². The van der Waals surface area contributed by atoms with Crippen molar-refractivity contribution in [2.75, 3.05) is 6.61 Å². The zero-order valence-corrected chi connectivity index (χ0v) is 14.1. The third-order valence-electron chi connectivity index (χ3n) is 1.78. The van der Waals surface area contributed by atoms with Crippen LogP contribution in [0.1, 0.15) is 27.7 Å². The molecule has 0 amide bonds. The Morgan fingerprint density at radius 3 is 1.36 bits per heavy atom. The van der Waals surface area contributed by atoms with Crippen molar-refractivity contribution in [1.82, 2.24) is 0 Å². The van der Waals surface area contributed by atoms with E-state index in [2.05, 4.69) is 4.74 Å². The van der Waals surface area contributed by atoms with Crippen molar-refractivity contribution in [3.8, 4) is 0 Å². The molecule has 0 spiro atoms. The van der Waals surface area contributed by atoms with Crippen LogP contribution in [0.4, 0.5) is 0 Å². The zero-order chi connectivity index (χ0) is 20.7. The maximum absolute atomic E-state index is 10.5. The number of aliphatic hydroxyl groups is 3. The van der Waals surface area contributed by atoms with Gasteiger partial charge < -0.3 is 40.1 Å². The normalized spacial score (nSPS) is 23.3. The van der Waals surface area contributed by atoms with E-state index in [0.717, 1.165) is 27.7 Å². The van der Waals surface area contributed by atoms with Gasteiger partial charge >= 0.3 is 5.97 Å². The summed E-state index contributed by atoms with van der Waals surface area (Å²) in [5, 5.41) is 49.4. The van der Waals surface area contributed by atoms with Gasteiger partial charge in [-0.1, -0.05) is 0 Å². The molecule has 4 atom stereocenters. The van der Waals surface area contributed by atoms with Crippen molar-refractivity contribution in [3.63, 3.8) is 0 Å². The Labute approximate surface area is 143 Å². The highest BCUT2D eigenvalue weighted by Gasteiger charge is 2.44. The number of rotatable bonds is 2. The number of hydrogen-bond acceptors (Lipinski definition) is 9. The Bertz CT molecular complexity index is 381. The first-order valence-electron chi connectivity index (χ1n) is 6.64. The Morgan fingerprint density at radius 1 is 0.840 bits per heavy atom. The van der Waals surface area contributed by atoms with E-state index in [1.807, 2.05) is 0 Å². The molecule has 0 aromatic rings. The van der Waals surface area contributed by atoms with E-state index in [0.29, 0.717) is 0 Å². The molecule has 0 bridgehead atoms. The van der Waals surface area contributed by atoms with Gasteiger partial charge in [0.15, 0.2) is 0 Å². The molecule has 1 fully saturated rings. The standard InChI is InChI=1S/C7H12O6.3C2H4O2/c1-3(9)12-7-6(11)5(10)4(2-8)13-7;3*1-2(3)4/h4-8,10-11H,2H2,1H3;3*1H3,(H,3,4)/t4-,5-,6-,7-;;;/m1.../s1. The lowest BCUT2D eigenvalue weighted by Gasteiger charge is -2.13. The fourth-order valence-corrected chi connectivity index (χ4v) is 1.13. The van der Waals surface area contributed by atoms with Crippen molar-refractivity contribution in [3.05, 3.63) is 0 Å². The van der Waals surface area contributed by atoms with Crippen LogP contribution in [0, 0.1) is 0 Å². The predicted octanol–water partition coefficient (Wildman–Crippen LogP) is -1.74. The van der Waals surface area contributed by atoms with E-state index in [4.69, 9.17) is 39.5 Å². The number of carboxylic acid groups (broad SMARTS) is 3. The Hall–Kier alpha value is -2.28. The van der Waals surface area contributed by atoms with Crippen LogP contribution in [0.2, 0.25) is 0 Å². The third kappa shape index (κ3) is 21.7. The summed E-state index contributed by atoms with van der Waals surface area (Å²) in [5.41, 5.74) is 0. The minimum Gasteiger partial charge on any atom is -0.481 e. The van der Waals surface area contributed by atoms with Gasteiger partial charge in [-0.2, -0.15) is 0 Å². The van der Waals surface area contributed by atoms with E-state index < -0.39 is 55.1 Å². The zero-order valence-electron chi connectivity index (χ0n) is 14.1. The molecule has 0 radical (unpaired) electrons. The lowest BCUT2D eigenvalue weighted by atomic mass is 10.1. The number of ether oxygens (including phenoxy) is 2. The summed E-state index contributed by atoms with van der Waals surface area (Å²) >= 11 is 0. The van der Waals surface area contributed by atoms with Crippen LogP contribution >= 0.6 is 0 Å². The van der Waals surface area contributed by atoms with Crippen molar-refractivity contribution in [1.29, 1.82) is 0 Å². The number of carboxylic acids is 3. The highest BCUT2D eigenvalue weighted by Crippen LogP contribution is 2.21. The van der Waals surface area contributed by atoms with Crippen LogP contribution in [0.15, 0.2) is 0 Å². The Balaban J connectivity index is -0.000000333. The third-order valence-corrected chi connectivity index (χ3v) is 1.78. The average molecular weight is 372 g/mol. The largest absolute Gasteiger partial charge is 0.481 e. The van der Waals surface area contributed by atoms with Crippen molar-refractivity contribution in [2.24, 2.45) is 0 Å². The summed E-state index contributed by atoms with van der Waals surface area (Å²) < 4.78 is 9.40. The lowest BCUT2D eigenvalue weighted by molar-refractivity contribution is -0.187. The number of carbonyl (C=O) groups excluding carboxylic acids is 1. The molecule has 1 heterocycles. The fourth-order valence-electron chi connectivity index (χ4n) is 1.13. The second-order valence-corrected chi connectivity index (χ2v) is 4.37. The van der Waals surface area contributed by atoms with Crippen LogP contribution < -0.4 is 0 Å². The first kappa shape index (κ1) is 27.6. The van der Waals surface area contributed by atoms with Gasteiger partial charge in [0.2, 0.25) is 6.29 Å². The van der Waals surface area contributed by atoms with E-state index in [1.165, 1.54) is 0 Å². The SMILES string of the molecule is CC(=O)O.CC(=O)O.CC(=O)O.CC(=O)O[C@@H]1O[C@H](CO)[C@@H](O)[C@H]1O. The number of carbonyl (C=O) groups is 4. The van der Waals surface area contributed by atoms with Gasteiger partial charge in [-0.3, -0.25) is 19.2 Å². The predicted molar refractivity (Wildman–Crippen MR) is 79.5 cm³/mol. The van der Waals surface area contributed by atoms with Crippen LogP contribution in [-0.2, 0) is 28.7 Å². The summed E-state index contributed by atoms with van der Waals surface area (Å²) in [6, 6.07) is 0. The average Bonchev–Trinajstić information content (AvgIpc) is 2.64. The lowest BCUT2D eigenvalue weighted by Crippen LogP contribution is -2.35. The maximum atomic E-state index is 10.5. The highest BCUT2D eigenvalue weighted by molar-refractivity contribution is 5.66. The molecular weight excluding hydrogens is 348 g/mol. The van der Waals surface area contributed by atoms with Crippen LogP contribution in [-0.4, -0.2) is 85.7 Å². The van der Waals surface area contributed by atoms with Crippen molar-refractivity contribution < 1.29 is 59.3 Å². The van der Waals surface area contributed by atoms with Gasteiger partial charge in [0, 0.05) is 27.7 Å². The van der Waals surface area contributed by atoms with Gasteiger partial charge in [0.05, 0.1) is 6.61 Å². The molecule has 1 aliphatic heterocycles. The fraction of sp³-hybridized carbons (Fsp3) is 0.692. The molecule has 0 aliphatic carbocycles. The van der Waals surface area contributed by atoms with Crippen LogP contribution in [0.5, 0.6) is 0 Å². The molecule has 1 rings (SSSR count). The maximum Gasteiger partial charge on any atom is 0.305 e. The van der Waals surface area contributed by atoms with Crippen LogP contribution in [0.25, 0.3) is 0 Å². The van der Waals surface area contributed by atoms with Gasteiger partial charge in [-0.05, 0) is 0 Å². The molecule has 12 nitrogen and oxygen atoms in total. The van der Waals surface area contributed by atoms with E-state index >= 15 is 0 Å².